The molecule has 33 heavy (non-hydrogen) atoms. The zero-order chi connectivity index (χ0) is 22.8. The molecule has 2 N–H and O–H groups in total. The first-order valence-corrected chi connectivity index (χ1v) is 12.1. The maximum absolute atomic E-state index is 12.6. The van der Waals surface area contributed by atoms with Gasteiger partial charge in [-0.2, -0.15) is 5.10 Å². The van der Waals surface area contributed by atoms with Crippen LogP contribution in [0.3, 0.4) is 0 Å². The Balaban J connectivity index is 1.24. The molecule has 1 amide bonds. The SMILES string of the molecule is COc1ccc(-c2n[nH]c(=S)n2CCC(=O)Nc2nc(-c3ccc4c(c3)CCC4)cs2)cc1. The van der Waals surface area contributed by atoms with Gasteiger partial charge in [0.1, 0.15) is 5.75 Å². The molecule has 168 valence electrons. The fourth-order valence-corrected chi connectivity index (χ4v) is 5.03. The van der Waals surface area contributed by atoms with Crippen molar-refractivity contribution in [2.75, 3.05) is 12.4 Å². The maximum atomic E-state index is 12.6. The number of aromatic amines is 1. The van der Waals surface area contributed by atoms with E-state index in [1.54, 1.807) is 7.11 Å². The van der Waals surface area contributed by atoms with Crippen LogP contribution in [0.25, 0.3) is 22.6 Å². The van der Waals surface area contributed by atoms with Crippen LogP contribution in [0.4, 0.5) is 5.13 Å². The summed E-state index contributed by atoms with van der Waals surface area (Å²) in [6, 6.07) is 14.1. The van der Waals surface area contributed by atoms with E-state index >= 15 is 0 Å². The Morgan fingerprint density at radius 3 is 2.79 bits per heavy atom. The van der Waals surface area contributed by atoms with Gasteiger partial charge in [-0.05, 0) is 72.9 Å². The molecule has 2 aromatic carbocycles. The minimum absolute atomic E-state index is 0.117. The number of carbonyl (C=O) groups excluding carboxylic acids is 1. The molecule has 2 heterocycles. The lowest BCUT2D eigenvalue weighted by Gasteiger charge is -2.07. The third-order valence-corrected chi connectivity index (χ3v) is 6.88. The normalized spacial score (nSPS) is 12.5. The van der Waals surface area contributed by atoms with Gasteiger partial charge in [-0.15, -0.1) is 11.3 Å². The number of thiazole rings is 1. The summed E-state index contributed by atoms with van der Waals surface area (Å²) in [5.41, 5.74) is 5.73. The van der Waals surface area contributed by atoms with Crippen molar-refractivity contribution in [2.45, 2.75) is 32.2 Å². The van der Waals surface area contributed by atoms with Crippen LogP contribution in [-0.4, -0.2) is 32.8 Å². The van der Waals surface area contributed by atoms with Gasteiger partial charge in [0.05, 0.1) is 12.8 Å². The monoisotopic (exact) mass is 477 g/mol. The summed E-state index contributed by atoms with van der Waals surface area (Å²) in [5, 5.41) is 12.6. The highest BCUT2D eigenvalue weighted by atomic mass is 32.1. The molecule has 0 radical (unpaired) electrons. The molecule has 0 unspecified atom stereocenters. The molecule has 0 saturated heterocycles. The van der Waals surface area contributed by atoms with Crippen molar-refractivity contribution in [3.63, 3.8) is 0 Å². The Bertz CT molecular complexity index is 1350. The number of hydrogen-bond donors (Lipinski definition) is 2. The second-order valence-electron chi connectivity index (χ2n) is 7.91. The molecular formula is C24H23N5O2S2. The number of amides is 1. The van der Waals surface area contributed by atoms with E-state index in [-0.39, 0.29) is 12.3 Å². The number of benzene rings is 2. The van der Waals surface area contributed by atoms with Crippen LogP contribution in [0.15, 0.2) is 47.8 Å². The molecule has 0 saturated carbocycles. The van der Waals surface area contributed by atoms with Crippen molar-refractivity contribution in [1.82, 2.24) is 19.7 Å². The Morgan fingerprint density at radius 2 is 1.97 bits per heavy atom. The molecule has 4 aromatic rings. The number of nitrogens with one attached hydrogen (secondary N) is 2. The minimum atomic E-state index is -0.117. The van der Waals surface area contributed by atoms with E-state index in [1.165, 1.54) is 28.9 Å². The van der Waals surface area contributed by atoms with Crippen molar-refractivity contribution < 1.29 is 9.53 Å². The molecule has 5 rings (SSSR count). The number of aromatic nitrogens is 4. The van der Waals surface area contributed by atoms with E-state index in [0.29, 0.717) is 22.3 Å². The third-order valence-electron chi connectivity index (χ3n) is 5.81. The van der Waals surface area contributed by atoms with Gasteiger partial charge in [0.15, 0.2) is 15.7 Å². The van der Waals surface area contributed by atoms with Gasteiger partial charge in [0.2, 0.25) is 5.91 Å². The lowest BCUT2D eigenvalue weighted by molar-refractivity contribution is -0.116. The molecule has 0 spiro atoms. The van der Waals surface area contributed by atoms with E-state index in [2.05, 4.69) is 38.7 Å². The predicted molar refractivity (Wildman–Crippen MR) is 132 cm³/mol. The van der Waals surface area contributed by atoms with E-state index in [9.17, 15) is 4.79 Å². The molecular weight excluding hydrogens is 454 g/mol. The maximum Gasteiger partial charge on any atom is 0.227 e. The molecule has 0 fully saturated rings. The van der Waals surface area contributed by atoms with Gasteiger partial charge in [-0.3, -0.25) is 14.5 Å². The first-order valence-electron chi connectivity index (χ1n) is 10.8. The van der Waals surface area contributed by atoms with Gasteiger partial charge in [-0.25, -0.2) is 4.98 Å². The quantitative estimate of drug-likeness (QED) is 0.355. The Hall–Kier alpha value is -3.30. The zero-order valence-electron chi connectivity index (χ0n) is 18.1. The average Bonchev–Trinajstić information content (AvgIpc) is 3.57. The lowest BCUT2D eigenvalue weighted by atomic mass is 10.1. The van der Waals surface area contributed by atoms with Crippen molar-refractivity contribution >= 4 is 34.6 Å². The van der Waals surface area contributed by atoms with E-state index in [4.69, 9.17) is 17.0 Å². The number of aryl methyl sites for hydroxylation is 2. The van der Waals surface area contributed by atoms with Gasteiger partial charge in [-0.1, -0.05) is 12.1 Å². The highest BCUT2D eigenvalue weighted by Gasteiger charge is 2.15. The van der Waals surface area contributed by atoms with Crippen molar-refractivity contribution in [3.05, 3.63) is 63.7 Å². The number of anilines is 1. The Labute approximate surface area is 200 Å². The van der Waals surface area contributed by atoms with Gasteiger partial charge < -0.3 is 10.1 Å². The highest BCUT2D eigenvalue weighted by molar-refractivity contribution is 7.71. The molecule has 2 aromatic heterocycles. The van der Waals surface area contributed by atoms with E-state index in [0.717, 1.165) is 35.4 Å². The number of H-pyrrole nitrogens is 1. The molecule has 0 bridgehead atoms. The topological polar surface area (TPSA) is 84.8 Å². The van der Waals surface area contributed by atoms with Crippen LogP contribution in [0, 0.1) is 4.77 Å². The van der Waals surface area contributed by atoms with Crippen LogP contribution in [0.1, 0.15) is 24.0 Å². The summed E-state index contributed by atoms with van der Waals surface area (Å²) in [4.78, 5) is 17.2. The van der Waals surface area contributed by atoms with Crippen molar-refractivity contribution in [1.29, 1.82) is 0 Å². The summed E-state index contributed by atoms with van der Waals surface area (Å²) in [6.45, 7) is 0.408. The Kier molecular flexibility index (Phi) is 6.06. The summed E-state index contributed by atoms with van der Waals surface area (Å²) < 4.78 is 7.51. The minimum Gasteiger partial charge on any atom is -0.497 e. The number of rotatable bonds is 7. The van der Waals surface area contributed by atoms with Gasteiger partial charge in [0, 0.05) is 29.5 Å². The average molecular weight is 478 g/mol. The standard InChI is InChI=1S/C24H23N5O2S2/c1-31-19-9-7-16(8-10-19)22-27-28-24(32)29(22)12-11-21(30)26-23-25-20(14-33-23)18-6-5-15-3-2-4-17(15)13-18/h5-10,13-14H,2-4,11-12H2,1H3,(H,28,32)(H,25,26,30). The molecule has 1 aliphatic rings. The summed E-state index contributed by atoms with van der Waals surface area (Å²) in [6.07, 6.45) is 3.77. The van der Waals surface area contributed by atoms with Crippen molar-refractivity contribution in [2.24, 2.45) is 0 Å². The highest BCUT2D eigenvalue weighted by Crippen LogP contribution is 2.30. The number of methoxy groups -OCH3 is 1. The number of hydrogen-bond acceptors (Lipinski definition) is 6. The zero-order valence-corrected chi connectivity index (χ0v) is 19.8. The number of ether oxygens (including phenoxy) is 1. The van der Waals surface area contributed by atoms with Crippen LogP contribution < -0.4 is 10.1 Å². The number of fused-ring (bicyclic) bond motifs is 1. The largest absolute Gasteiger partial charge is 0.497 e. The van der Waals surface area contributed by atoms with Crippen LogP contribution in [-0.2, 0) is 24.2 Å². The molecule has 7 nitrogen and oxygen atoms in total. The molecule has 9 heteroatoms. The summed E-state index contributed by atoms with van der Waals surface area (Å²) >= 11 is 6.81. The predicted octanol–water partition coefficient (Wildman–Crippen LogP) is 5.26. The van der Waals surface area contributed by atoms with Crippen LogP contribution >= 0.6 is 23.6 Å². The van der Waals surface area contributed by atoms with Crippen LogP contribution in [0.5, 0.6) is 5.75 Å². The Morgan fingerprint density at radius 1 is 1.18 bits per heavy atom. The lowest BCUT2D eigenvalue weighted by Crippen LogP contribution is -2.15. The van der Waals surface area contributed by atoms with E-state index in [1.807, 2.05) is 34.2 Å². The fraction of sp³-hybridized carbons (Fsp3) is 0.250. The van der Waals surface area contributed by atoms with Gasteiger partial charge in [0.25, 0.3) is 0 Å². The first-order chi connectivity index (χ1) is 16.1. The number of nitrogens with zero attached hydrogens (tertiary/aromatic N) is 3. The second-order valence-corrected chi connectivity index (χ2v) is 9.15. The summed E-state index contributed by atoms with van der Waals surface area (Å²) in [7, 11) is 1.63. The molecule has 0 aliphatic heterocycles. The van der Waals surface area contributed by atoms with E-state index < -0.39 is 0 Å². The number of carbonyl (C=O) groups is 1. The van der Waals surface area contributed by atoms with Crippen molar-refractivity contribution in [3.8, 4) is 28.4 Å². The second kappa shape index (κ2) is 9.29. The third kappa shape index (κ3) is 4.60. The smallest absolute Gasteiger partial charge is 0.227 e. The molecule has 1 aliphatic carbocycles. The van der Waals surface area contributed by atoms with Crippen LogP contribution in [0.2, 0.25) is 0 Å². The van der Waals surface area contributed by atoms with Gasteiger partial charge >= 0.3 is 0 Å². The fourth-order valence-electron chi connectivity index (χ4n) is 4.08. The first kappa shape index (κ1) is 21.5. The molecule has 0 atom stereocenters. The summed E-state index contributed by atoms with van der Waals surface area (Å²) in [5.74, 6) is 1.33.